The highest BCUT2D eigenvalue weighted by atomic mass is 16.3. The standard InChI is InChI=1S/C59H97N9O10/c1-19-22-27-41(12)33-49(55(74)63-46(31-38(6)7)58(77)67(18)48(32-39(8)9)54(73)60-40(10)11)66(17)57(76)43(14)64(15)52(71)36-47(59(78)68-28-24-23-25-29-68)62-53(72)45(30-37(4)5)61-56(75)50(35-44(21-3)26-20-2)65(16)51(70)34-42(13)69/h19-22,26-27,37-40,42-43,45-50,69H,1-3,12,23-25,28-36H2,4-11,13-18H3,(H,60,73)(H,61,75)(H,62,72)(H,63,74)/b27-22-,44-26+/t42-,43+,45+,46+,47?,48+,49+,50+/m1/s1. The summed E-state index contributed by atoms with van der Waals surface area (Å²) in [5.41, 5.74) is 1.04. The topological polar surface area (TPSA) is 238 Å². The average Bonchev–Trinajstić information content (AvgIpc) is 3.36. The van der Waals surface area contributed by atoms with Crippen LogP contribution in [0.1, 0.15) is 133 Å². The van der Waals surface area contributed by atoms with Crippen molar-refractivity contribution in [2.45, 2.75) is 188 Å². The van der Waals surface area contributed by atoms with E-state index < -0.39 is 102 Å². The maximum Gasteiger partial charge on any atom is 0.245 e. The number of carbonyl (C=O) groups excluding carboxylic acids is 9. The first-order valence-electron chi connectivity index (χ1n) is 27.6. The van der Waals surface area contributed by atoms with Crippen molar-refractivity contribution < 1.29 is 48.3 Å². The Kier molecular flexibility index (Phi) is 30.8. The molecular weight excluding hydrogens is 995 g/mol. The molecule has 0 saturated carbocycles. The van der Waals surface area contributed by atoms with Crippen LogP contribution >= 0.6 is 0 Å². The number of hydrogen-bond donors (Lipinski definition) is 5. The van der Waals surface area contributed by atoms with Crippen molar-refractivity contribution in [3.8, 4) is 0 Å². The summed E-state index contributed by atoms with van der Waals surface area (Å²) in [6, 6.07) is -8.33. The van der Waals surface area contributed by atoms with Crippen molar-refractivity contribution in [3.05, 3.63) is 73.9 Å². The molecule has 1 heterocycles. The molecule has 438 valence electrons. The van der Waals surface area contributed by atoms with Crippen LogP contribution in [0, 0.1) is 17.8 Å². The quantitative estimate of drug-likeness (QED) is 0.0553. The summed E-state index contributed by atoms with van der Waals surface area (Å²) in [4.78, 5) is 134. The predicted molar refractivity (Wildman–Crippen MR) is 307 cm³/mol. The van der Waals surface area contributed by atoms with Gasteiger partial charge in [-0.1, -0.05) is 110 Å². The third kappa shape index (κ3) is 23.3. The molecule has 1 unspecified atom stereocenters. The van der Waals surface area contributed by atoms with Crippen LogP contribution in [0.5, 0.6) is 0 Å². The second-order valence-corrected chi connectivity index (χ2v) is 22.4. The number of allylic oxidation sites excluding steroid dienone is 6. The van der Waals surface area contributed by atoms with Gasteiger partial charge in [0.1, 0.15) is 42.3 Å². The molecule has 1 aliphatic rings. The van der Waals surface area contributed by atoms with Gasteiger partial charge in [0.15, 0.2) is 0 Å². The van der Waals surface area contributed by atoms with Crippen LogP contribution in [0.25, 0.3) is 0 Å². The van der Waals surface area contributed by atoms with Crippen molar-refractivity contribution in [3.63, 3.8) is 0 Å². The average molecular weight is 1090 g/mol. The highest BCUT2D eigenvalue weighted by Crippen LogP contribution is 2.21. The lowest BCUT2D eigenvalue weighted by Crippen LogP contribution is -2.59. The van der Waals surface area contributed by atoms with E-state index in [1.807, 2.05) is 55.4 Å². The summed E-state index contributed by atoms with van der Waals surface area (Å²) in [7, 11) is 5.77. The molecule has 78 heavy (non-hydrogen) atoms. The number of hydrogen-bond acceptors (Lipinski definition) is 10. The van der Waals surface area contributed by atoms with E-state index in [9.17, 15) is 48.3 Å². The Labute approximate surface area is 466 Å². The van der Waals surface area contributed by atoms with E-state index in [1.54, 1.807) is 30.2 Å². The molecule has 0 bridgehead atoms. The van der Waals surface area contributed by atoms with Gasteiger partial charge in [0, 0.05) is 60.2 Å². The van der Waals surface area contributed by atoms with Gasteiger partial charge >= 0.3 is 0 Å². The molecule has 1 saturated heterocycles. The zero-order chi connectivity index (χ0) is 59.7. The fourth-order valence-electron chi connectivity index (χ4n) is 9.05. The fourth-order valence-corrected chi connectivity index (χ4v) is 9.05. The molecule has 0 aliphatic carbocycles. The fraction of sp³-hybridized carbons (Fsp3) is 0.644. The van der Waals surface area contributed by atoms with Crippen LogP contribution in [0.4, 0.5) is 0 Å². The SMILES string of the molecule is C=C/C=C\C(=C)C[C@@H](C(=O)N[C@@H](CC(C)C)C(=O)N(C)[C@@H](CC(C)C)C(=O)NC(C)C)N(C)C(=O)[C@H](C)N(C)C(=O)CC(NC(=O)[C@H](CC(C)C)NC(=O)[C@H](C/C(C=C)=C/C=C)N(C)C(=O)C[C@@H](C)O)C(=O)N1CCCCC1. The monoisotopic (exact) mass is 1090 g/mol. The van der Waals surface area contributed by atoms with Crippen LogP contribution < -0.4 is 21.3 Å². The van der Waals surface area contributed by atoms with Crippen molar-refractivity contribution >= 4 is 53.2 Å². The van der Waals surface area contributed by atoms with Crippen LogP contribution in [0.15, 0.2) is 73.9 Å². The molecule has 0 spiro atoms. The molecular formula is C59H97N9O10. The van der Waals surface area contributed by atoms with Crippen molar-refractivity contribution in [1.29, 1.82) is 0 Å². The van der Waals surface area contributed by atoms with Gasteiger partial charge in [-0.15, -0.1) is 0 Å². The molecule has 0 aromatic heterocycles. The minimum atomic E-state index is -1.42. The Morgan fingerprint density at radius 2 is 1.03 bits per heavy atom. The van der Waals surface area contributed by atoms with E-state index in [-0.39, 0.29) is 61.8 Å². The van der Waals surface area contributed by atoms with Gasteiger partial charge in [-0.2, -0.15) is 0 Å². The predicted octanol–water partition coefficient (Wildman–Crippen LogP) is 4.98. The minimum Gasteiger partial charge on any atom is -0.393 e. The molecule has 1 fully saturated rings. The molecule has 0 radical (unpaired) electrons. The van der Waals surface area contributed by atoms with E-state index in [2.05, 4.69) is 47.6 Å². The molecule has 0 aromatic rings. The Bertz CT molecular complexity index is 2160. The Morgan fingerprint density at radius 1 is 0.538 bits per heavy atom. The van der Waals surface area contributed by atoms with Gasteiger partial charge < -0.3 is 50.9 Å². The number of likely N-dealkylation sites (N-methyl/N-ethyl adjacent to an activating group) is 4. The van der Waals surface area contributed by atoms with E-state index >= 15 is 0 Å². The number of piperidine rings is 1. The third-order valence-corrected chi connectivity index (χ3v) is 13.6. The highest BCUT2D eigenvalue weighted by Gasteiger charge is 2.40. The van der Waals surface area contributed by atoms with Gasteiger partial charge in [-0.05, 0) is 89.5 Å². The van der Waals surface area contributed by atoms with Crippen LogP contribution in [-0.4, -0.2) is 178 Å². The number of amides is 9. The number of rotatable bonds is 33. The first-order valence-corrected chi connectivity index (χ1v) is 27.6. The zero-order valence-corrected chi connectivity index (χ0v) is 49.6. The van der Waals surface area contributed by atoms with Gasteiger partial charge in [-0.25, -0.2) is 0 Å². The minimum absolute atomic E-state index is 0.00374. The van der Waals surface area contributed by atoms with E-state index in [1.165, 1.54) is 67.9 Å². The van der Waals surface area contributed by atoms with E-state index in [0.717, 1.165) is 11.3 Å². The first kappa shape index (κ1) is 69.6. The Balaban J connectivity index is 3.70. The van der Waals surface area contributed by atoms with Gasteiger partial charge in [0.25, 0.3) is 0 Å². The number of aliphatic hydroxyl groups excluding tert-OH is 1. The zero-order valence-electron chi connectivity index (χ0n) is 49.6. The van der Waals surface area contributed by atoms with Crippen molar-refractivity contribution in [2.24, 2.45) is 17.8 Å². The summed E-state index contributed by atoms with van der Waals surface area (Å²) in [5, 5.41) is 21.4. The second kappa shape index (κ2) is 34.5. The van der Waals surface area contributed by atoms with E-state index in [4.69, 9.17) is 0 Å². The number of nitrogens with zero attached hydrogens (tertiary/aromatic N) is 5. The largest absolute Gasteiger partial charge is 0.393 e. The number of nitrogens with one attached hydrogen (secondary N) is 4. The summed E-state index contributed by atoms with van der Waals surface area (Å²) >= 11 is 0. The van der Waals surface area contributed by atoms with Gasteiger partial charge in [-0.3, -0.25) is 43.2 Å². The normalized spacial score (nSPS) is 15.9. The third-order valence-electron chi connectivity index (χ3n) is 13.6. The lowest BCUT2D eigenvalue weighted by atomic mass is 9.97. The Morgan fingerprint density at radius 3 is 1.53 bits per heavy atom. The molecule has 1 aliphatic heterocycles. The lowest BCUT2D eigenvalue weighted by Gasteiger charge is -2.36. The van der Waals surface area contributed by atoms with Gasteiger partial charge in [0.05, 0.1) is 18.9 Å². The van der Waals surface area contributed by atoms with E-state index in [0.29, 0.717) is 43.5 Å². The van der Waals surface area contributed by atoms with Crippen LogP contribution in [-0.2, 0) is 43.2 Å². The smallest absolute Gasteiger partial charge is 0.245 e. The van der Waals surface area contributed by atoms with Crippen molar-refractivity contribution in [2.75, 3.05) is 41.3 Å². The first-order chi connectivity index (χ1) is 36.4. The van der Waals surface area contributed by atoms with Crippen LogP contribution in [0.3, 0.4) is 0 Å². The molecule has 19 nitrogen and oxygen atoms in total. The molecule has 1 rings (SSSR count). The second-order valence-electron chi connectivity index (χ2n) is 22.4. The summed E-state index contributed by atoms with van der Waals surface area (Å²) in [5.74, 6) is -5.42. The van der Waals surface area contributed by atoms with Gasteiger partial charge in [0.2, 0.25) is 53.2 Å². The molecule has 5 N–H and O–H groups in total. The van der Waals surface area contributed by atoms with Crippen molar-refractivity contribution in [1.82, 2.24) is 45.8 Å². The summed E-state index contributed by atoms with van der Waals surface area (Å²) in [6.45, 7) is 34.1. The molecule has 9 amide bonds. The maximum absolute atomic E-state index is 14.6. The molecule has 0 aromatic carbocycles. The molecule has 19 heteroatoms. The molecule has 8 atom stereocenters. The number of likely N-dealkylation sites (tertiary alicyclic amines) is 1. The lowest BCUT2D eigenvalue weighted by molar-refractivity contribution is -0.149. The highest BCUT2D eigenvalue weighted by molar-refractivity contribution is 5.98. The van der Waals surface area contributed by atoms with Crippen LogP contribution in [0.2, 0.25) is 0 Å². The number of aliphatic hydroxyl groups is 1. The number of carbonyl (C=O) groups is 9. The Hall–Kier alpha value is -6.37. The maximum atomic E-state index is 14.6. The summed E-state index contributed by atoms with van der Waals surface area (Å²) in [6.07, 6.45) is 10.6. The summed E-state index contributed by atoms with van der Waals surface area (Å²) < 4.78 is 0.